The van der Waals surface area contributed by atoms with Crippen LogP contribution in [0.3, 0.4) is 0 Å². The smallest absolute Gasteiger partial charge is 0.233 e. The molecule has 0 spiro atoms. The molecule has 0 aliphatic rings. The Morgan fingerprint density at radius 3 is 2.77 bits per heavy atom. The molecular formula is C20H24FN5O4. The zero-order valence-corrected chi connectivity index (χ0v) is 17.0. The number of amides is 1. The SMILES string of the molecule is CC(=O)NCCNC(O)c1cc(OCc2c(-c3ccc(F)cc3)noc2C)nn1C. The average molecular weight is 417 g/mol. The zero-order valence-electron chi connectivity index (χ0n) is 17.0. The molecule has 160 valence electrons. The topological polar surface area (TPSA) is 114 Å². The van der Waals surface area contributed by atoms with Gasteiger partial charge in [-0.2, -0.15) is 0 Å². The van der Waals surface area contributed by atoms with E-state index < -0.39 is 6.23 Å². The number of hydrogen-bond acceptors (Lipinski definition) is 7. The van der Waals surface area contributed by atoms with E-state index in [1.807, 2.05) is 0 Å². The third-order valence-corrected chi connectivity index (χ3v) is 4.48. The molecule has 1 atom stereocenters. The molecule has 0 bridgehead atoms. The summed E-state index contributed by atoms with van der Waals surface area (Å²) in [6, 6.07) is 7.58. The highest BCUT2D eigenvalue weighted by atomic mass is 19.1. The lowest BCUT2D eigenvalue weighted by molar-refractivity contribution is -0.118. The molecule has 2 aromatic heterocycles. The highest BCUT2D eigenvalue weighted by Gasteiger charge is 2.18. The molecule has 3 N–H and O–H groups in total. The normalized spacial score (nSPS) is 12.0. The summed E-state index contributed by atoms with van der Waals surface area (Å²) in [5, 5.41) is 24.1. The van der Waals surface area contributed by atoms with E-state index in [0.29, 0.717) is 41.7 Å². The van der Waals surface area contributed by atoms with Gasteiger partial charge in [0.2, 0.25) is 11.8 Å². The second kappa shape index (κ2) is 9.51. The fraction of sp³-hybridized carbons (Fsp3) is 0.350. The maximum absolute atomic E-state index is 13.2. The summed E-state index contributed by atoms with van der Waals surface area (Å²) in [5.41, 5.74) is 2.52. The Labute approximate surface area is 172 Å². The van der Waals surface area contributed by atoms with Gasteiger partial charge in [0.25, 0.3) is 0 Å². The molecule has 0 aliphatic heterocycles. The molecule has 30 heavy (non-hydrogen) atoms. The van der Waals surface area contributed by atoms with Crippen molar-refractivity contribution < 1.29 is 23.6 Å². The van der Waals surface area contributed by atoms with Crippen molar-refractivity contribution >= 4 is 5.91 Å². The van der Waals surface area contributed by atoms with E-state index in [9.17, 15) is 14.3 Å². The van der Waals surface area contributed by atoms with Gasteiger partial charge in [-0.05, 0) is 31.2 Å². The van der Waals surface area contributed by atoms with E-state index >= 15 is 0 Å². The molecular weight excluding hydrogens is 393 g/mol. The Morgan fingerprint density at radius 1 is 1.33 bits per heavy atom. The van der Waals surface area contributed by atoms with Crippen LogP contribution in [0, 0.1) is 12.7 Å². The molecule has 0 saturated heterocycles. The fourth-order valence-electron chi connectivity index (χ4n) is 2.87. The Hall–Kier alpha value is -3.24. The number of nitrogens with one attached hydrogen (secondary N) is 2. The van der Waals surface area contributed by atoms with Crippen LogP contribution >= 0.6 is 0 Å². The second-order valence-corrected chi connectivity index (χ2v) is 6.73. The molecule has 1 amide bonds. The van der Waals surface area contributed by atoms with Crippen LogP contribution in [-0.4, -0.2) is 39.0 Å². The maximum Gasteiger partial charge on any atom is 0.233 e. The van der Waals surface area contributed by atoms with Gasteiger partial charge in [-0.1, -0.05) is 5.16 Å². The van der Waals surface area contributed by atoms with Crippen molar-refractivity contribution in [3.63, 3.8) is 0 Å². The lowest BCUT2D eigenvalue weighted by Crippen LogP contribution is -2.33. The monoisotopic (exact) mass is 417 g/mol. The van der Waals surface area contributed by atoms with Gasteiger partial charge in [-0.25, -0.2) is 4.39 Å². The van der Waals surface area contributed by atoms with Crippen LogP contribution in [0.2, 0.25) is 0 Å². The zero-order chi connectivity index (χ0) is 21.7. The Kier molecular flexibility index (Phi) is 6.80. The number of carbonyl (C=O) groups is 1. The number of carbonyl (C=O) groups excluding carboxylic acids is 1. The number of aliphatic hydroxyl groups excluding tert-OH is 1. The van der Waals surface area contributed by atoms with Crippen LogP contribution in [-0.2, 0) is 18.4 Å². The minimum absolute atomic E-state index is 0.133. The van der Waals surface area contributed by atoms with Gasteiger partial charge in [-0.3, -0.25) is 14.8 Å². The predicted octanol–water partition coefficient (Wildman–Crippen LogP) is 1.82. The molecule has 3 aromatic rings. The third kappa shape index (κ3) is 5.22. The quantitative estimate of drug-likeness (QED) is 0.359. The molecule has 9 nitrogen and oxygen atoms in total. The number of aromatic nitrogens is 3. The van der Waals surface area contributed by atoms with E-state index in [4.69, 9.17) is 9.26 Å². The summed E-state index contributed by atoms with van der Waals surface area (Å²) in [6.07, 6.45) is -0.972. The van der Waals surface area contributed by atoms with Crippen molar-refractivity contribution in [1.82, 2.24) is 25.6 Å². The van der Waals surface area contributed by atoms with Gasteiger partial charge in [0, 0.05) is 38.7 Å². The van der Waals surface area contributed by atoms with Crippen LogP contribution < -0.4 is 15.4 Å². The van der Waals surface area contributed by atoms with Crippen molar-refractivity contribution in [1.29, 1.82) is 0 Å². The number of halogens is 1. The molecule has 2 heterocycles. The van der Waals surface area contributed by atoms with Crippen molar-refractivity contribution in [2.75, 3.05) is 13.1 Å². The molecule has 10 heteroatoms. The Balaban J connectivity index is 1.65. The summed E-state index contributed by atoms with van der Waals surface area (Å²) >= 11 is 0. The van der Waals surface area contributed by atoms with E-state index in [-0.39, 0.29) is 18.3 Å². The van der Waals surface area contributed by atoms with Crippen LogP contribution in [0.4, 0.5) is 4.39 Å². The van der Waals surface area contributed by atoms with Crippen LogP contribution in [0.1, 0.15) is 30.2 Å². The molecule has 0 aliphatic carbocycles. The van der Waals surface area contributed by atoms with Crippen molar-refractivity contribution in [3.05, 3.63) is 53.2 Å². The molecule has 1 unspecified atom stereocenters. The Bertz CT molecular complexity index is 999. The van der Waals surface area contributed by atoms with Gasteiger partial charge in [0.15, 0.2) is 0 Å². The lowest BCUT2D eigenvalue weighted by Gasteiger charge is -2.12. The highest BCUT2D eigenvalue weighted by Crippen LogP contribution is 2.27. The number of benzene rings is 1. The van der Waals surface area contributed by atoms with Crippen molar-refractivity contribution in [3.8, 4) is 17.1 Å². The first-order valence-electron chi connectivity index (χ1n) is 9.39. The third-order valence-electron chi connectivity index (χ3n) is 4.48. The minimum Gasteiger partial charge on any atom is -0.472 e. The first kappa shape index (κ1) is 21.5. The summed E-state index contributed by atoms with van der Waals surface area (Å²) in [7, 11) is 1.69. The molecule has 1 aromatic carbocycles. The van der Waals surface area contributed by atoms with Crippen molar-refractivity contribution in [2.45, 2.75) is 26.7 Å². The number of aliphatic hydroxyl groups is 1. The van der Waals surface area contributed by atoms with Gasteiger partial charge in [-0.15, -0.1) is 5.10 Å². The highest BCUT2D eigenvalue weighted by molar-refractivity contribution is 5.72. The largest absolute Gasteiger partial charge is 0.472 e. The molecule has 0 saturated carbocycles. The minimum atomic E-state index is -0.972. The van der Waals surface area contributed by atoms with E-state index in [1.165, 1.54) is 23.7 Å². The standard InChI is InChI=1S/C20H24FN5O4/c1-12-16(19(25-30-12)14-4-6-15(21)7-5-14)11-29-18-10-17(26(3)24-18)20(28)23-9-8-22-13(2)27/h4-7,10,20,23,28H,8-9,11H2,1-3H3,(H,22,27). The fourth-order valence-corrected chi connectivity index (χ4v) is 2.87. The van der Waals surface area contributed by atoms with Gasteiger partial charge >= 0.3 is 0 Å². The van der Waals surface area contributed by atoms with Gasteiger partial charge in [0.05, 0.1) is 11.3 Å². The maximum atomic E-state index is 13.2. The average Bonchev–Trinajstić information content (AvgIpc) is 3.26. The van der Waals surface area contributed by atoms with Gasteiger partial charge in [0.1, 0.15) is 30.1 Å². The van der Waals surface area contributed by atoms with Crippen molar-refractivity contribution in [2.24, 2.45) is 7.05 Å². The lowest BCUT2D eigenvalue weighted by atomic mass is 10.1. The summed E-state index contributed by atoms with van der Waals surface area (Å²) in [5.74, 6) is 0.444. The first-order valence-corrected chi connectivity index (χ1v) is 9.39. The first-order chi connectivity index (χ1) is 14.3. The van der Waals surface area contributed by atoms with E-state index in [1.54, 1.807) is 32.2 Å². The number of ether oxygens (including phenoxy) is 1. The van der Waals surface area contributed by atoms with Gasteiger partial charge < -0.3 is 19.7 Å². The number of aryl methyl sites for hydroxylation is 2. The van der Waals surface area contributed by atoms with Crippen LogP contribution in [0.25, 0.3) is 11.3 Å². The van der Waals surface area contributed by atoms with Crippen LogP contribution in [0.5, 0.6) is 5.88 Å². The second-order valence-electron chi connectivity index (χ2n) is 6.73. The number of rotatable bonds is 9. The summed E-state index contributed by atoms with van der Waals surface area (Å²) < 4.78 is 25.8. The molecule has 3 rings (SSSR count). The Morgan fingerprint density at radius 2 is 2.07 bits per heavy atom. The van der Waals surface area contributed by atoms with E-state index in [0.717, 1.165) is 5.56 Å². The number of nitrogens with zero attached hydrogens (tertiary/aromatic N) is 3. The predicted molar refractivity (Wildman–Crippen MR) is 106 cm³/mol. The molecule has 0 fully saturated rings. The summed E-state index contributed by atoms with van der Waals surface area (Å²) in [6.45, 7) is 4.13. The summed E-state index contributed by atoms with van der Waals surface area (Å²) in [4.78, 5) is 10.9. The van der Waals surface area contributed by atoms with Crippen LogP contribution in [0.15, 0.2) is 34.9 Å². The number of hydrogen-bond donors (Lipinski definition) is 3. The van der Waals surface area contributed by atoms with E-state index in [2.05, 4.69) is 20.9 Å². The molecule has 0 radical (unpaired) electrons.